The third-order valence-electron chi connectivity index (χ3n) is 15.1. The van der Waals surface area contributed by atoms with Crippen LogP contribution in [0.25, 0.3) is 32.0 Å². The Morgan fingerprint density at radius 2 is 1.00 bits per heavy atom. The van der Waals surface area contributed by atoms with Crippen LogP contribution in [0.3, 0.4) is 0 Å². The average Bonchev–Trinajstić information content (AvgIpc) is 3.91. The van der Waals surface area contributed by atoms with Gasteiger partial charge in [-0.1, -0.05) is 146 Å². The Morgan fingerprint density at radius 1 is 0.493 bits per heavy atom. The zero-order valence-corrected chi connectivity index (χ0v) is 44.1. The first-order valence-electron chi connectivity index (χ1n) is 25.3. The number of fused-ring (bicyclic) bond motifs is 10. The fourth-order valence-electron chi connectivity index (χ4n) is 11.2. The molecular formula is C65H62BN3OS. The molecule has 0 aliphatic carbocycles. The molecule has 71 heavy (non-hydrogen) atoms. The van der Waals surface area contributed by atoms with Gasteiger partial charge in [0, 0.05) is 54.4 Å². The Labute approximate surface area is 424 Å². The molecule has 10 aromatic rings. The van der Waals surface area contributed by atoms with E-state index in [9.17, 15) is 0 Å². The van der Waals surface area contributed by atoms with Crippen molar-refractivity contribution in [2.45, 2.75) is 99.3 Å². The maximum Gasteiger partial charge on any atom is 0.264 e. The van der Waals surface area contributed by atoms with E-state index >= 15 is 0 Å². The summed E-state index contributed by atoms with van der Waals surface area (Å²) >= 11 is 1.96. The summed E-state index contributed by atoms with van der Waals surface area (Å²) in [6.07, 6.45) is 0. The van der Waals surface area contributed by atoms with Gasteiger partial charge >= 0.3 is 0 Å². The Kier molecular flexibility index (Phi) is 10.2. The zero-order valence-electron chi connectivity index (χ0n) is 43.2. The molecule has 0 atom stereocenters. The molecule has 352 valence electrons. The number of para-hydroxylation sites is 1. The number of furan rings is 1. The van der Waals surface area contributed by atoms with E-state index in [2.05, 4.69) is 256 Å². The first kappa shape index (κ1) is 45.1. The highest BCUT2D eigenvalue weighted by atomic mass is 32.1. The monoisotopic (exact) mass is 943 g/mol. The second kappa shape index (κ2) is 16.0. The van der Waals surface area contributed by atoms with Crippen molar-refractivity contribution in [2.75, 3.05) is 14.7 Å². The minimum absolute atomic E-state index is 0.00223. The Hall–Kier alpha value is -7.02. The summed E-state index contributed by atoms with van der Waals surface area (Å²) in [7, 11) is 0. The lowest BCUT2D eigenvalue weighted by molar-refractivity contribution is 0.590. The molecular weight excluding hydrogens is 882 g/mol. The van der Waals surface area contributed by atoms with Crippen molar-refractivity contribution in [1.29, 1.82) is 0 Å². The fourth-order valence-corrected chi connectivity index (χ4v) is 12.5. The van der Waals surface area contributed by atoms with Gasteiger partial charge in [0.25, 0.3) is 6.71 Å². The van der Waals surface area contributed by atoms with Gasteiger partial charge in [-0.05, 0) is 155 Å². The molecule has 6 heteroatoms. The van der Waals surface area contributed by atoms with Gasteiger partial charge in [0.15, 0.2) is 5.58 Å². The largest absolute Gasteiger partial charge is 0.454 e. The topological polar surface area (TPSA) is 22.9 Å². The van der Waals surface area contributed by atoms with Crippen LogP contribution in [0.5, 0.6) is 0 Å². The summed E-state index contributed by atoms with van der Waals surface area (Å²) in [6.45, 7) is 27.3. The van der Waals surface area contributed by atoms with E-state index in [1.807, 2.05) is 11.3 Å². The van der Waals surface area contributed by atoms with Gasteiger partial charge in [0.05, 0.1) is 22.4 Å². The predicted molar refractivity (Wildman–Crippen MR) is 308 cm³/mol. The van der Waals surface area contributed by atoms with Gasteiger partial charge in [0.1, 0.15) is 5.58 Å². The summed E-state index contributed by atoms with van der Waals surface area (Å²) in [5, 5.41) is 3.51. The zero-order chi connectivity index (χ0) is 49.5. The molecule has 2 aliphatic rings. The van der Waals surface area contributed by atoms with Crippen molar-refractivity contribution >= 4 is 117 Å². The molecule has 12 rings (SSSR count). The van der Waals surface area contributed by atoms with Crippen molar-refractivity contribution in [3.05, 3.63) is 191 Å². The lowest BCUT2D eigenvalue weighted by Gasteiger charge is -2.44. The van der Waals surface area contributed by atoms with Crippen molar-refractivity contribution in [3.8, 4) is 0 Å². The Morgan fingerprint density at radius 3 is 1.54 bits per heavy atom. The van der Waals surface area contributed by atoms with Crippen LogP contribution < -0.4 is 30.4 Å². The van der Waals surface area contributed by atoms with E-state index in [4.69, 9.17) is 4.42 Å². The van der Waals surface area contributed by atoms with Crippen LogP contribution in [0.15, 0.2) is 162 Å². The smallest absolute Gasteiger partial charge is 0.264 e. The number of aryl methyl sites for hydroxylation is 3. The summed E-state index contributed by atoms with van der Waals surface area (Å²) in [4.78, 5) is 7.61. The van der Waals surface area contributed by atoms with E-state index in [0.29, 0.717) is 0 Å². The van der Waals surface area contributed by atoms with Gasteiger partial charge in [0.2, 0.25) is 0 Å². The highest BCUT2D eigenvalue weighted by Gasteiger charge is 2.47. The second-order valence-electron chi connectivity index (χ2n) is 23.3. The molecule has 2 aliphatic heterocycles. The minimum atomic E-state index is -0.106. The van der Waals surface area contributed by atoms with Crippen molar-refractivity contribution in [1.82, 2.24) is 0 Å². The maximum atomic E-state index is 7.28. The van der Waals surface area contributed by atoms with E-state index in [1.54, 1.807) is 0 Å². The van der Waals surface area contributed by atoms with Gasteiger partial charge < -0.3 is 19.1 Å². The molecule has 4 heterocycles. The minimum Gasteiger partial charge on any atom is -0.454 e. The Bertz CT molecular complexity index is 3680. The molecule has 0 spiro atoms. The standard InChI is InChI=1S/C65H62BN3OS/c1-39-17-26-45(27-18-39)67(46-28-19-40(2)20-29-46)54-38-51-60(57-49-15-13-14-16-55(49)70-61(54)57)69(48-32-23-43(24-33-48)64(7,8)9)53-36-41(3)35-52-58(53)66(51)62-59(50-37-44(65(10,11)12)25-34-56(50)71-62)68(52)47-30-21-42(22-31-47)63(4,5)6/h13-38H,1-12H3. The van der Waals surface area contributed by atoms with Crippen molar-refractivity contribution in [2.24, 2.45) is 0 Å². The van der Waals surface area contributed by atoms with Crippen LogP contribution in [-0.4, -0.2) is 6.71 Å². The lowest BCUT2D eigenvalue weighted by Crippen LogP contribution is -2.60. The van der Waals surface area contributed by atoms with Crippen LogP contribution >= 0.6 is 11.3 Å². The fraction of sp³-hybridized carbons (Fsp3) is 0.231. The van der Waals surface area contributed by atoms with E-state index in [0.717, 1.165) is 44.7 Å². The maximum absolute atomic E-state index is 7.28. The number of rotatable bonds is 5. The molecule has 0 saturated carbocycles. The third kappa shape index (κ3) is 7.31. The molecule has 0 unspecified atom stereocenters. The number of hydrogen-bond donors (Lipinski definition) is 0. The molecule has 0 N–H and O–H groups in total. The average molecular weight is 944 g/mol. The molecule has 4 nitrogen and oxygen atoms in total. The van der Waals surface area contributed by atoms with E-state index in [1.165, 1.54) is 87.6 Å². The van der Waals surface area contributed by atoms with Crippen LogP contribution in [0.2, 0.25) is 0 Å². The normalized spacial score (nSPS) is 13.5. The number of nitrogens with zero attached hydrogens (tertiary/aromatic N) is 3. The highest BCUT2D eigenvalue weighted by Crippen LogP contribution is 2.53. The SMILES string of the molecule is Cc1ccc(N(c2ccc(C)cc2)c2cc3c(c4c2oc2ccccc24)N(c2ccc(C(C)(C)C)cc2)c2cc(C)cc4c2B3c2sc3ccc(C(C)(C)C)cc3c2N4c2ccc(C(C)(C)C)cc2)cc1. The number of anilines is 9. The summed E-state index contributed by atoms with van der Waals surface area (Å²) < 4.78 is 9.93. The highest BCUT2D eigenvalue weighted by molar-refractivity contribution is 7.33. The van der Waals surface area contributed by atoms with E-state index < -0.39 is 0 Å². The van der Waals surface area contributed by atoms with Gasteiger partial charge in [-0.25, -0.2) is 0 Å². The van der Waals surface area contributed by atoms with Crippen LogP contribution in [0, 0.1) is 20.8 Å². The first-order valence-corrected chi connectivity index (χ1v) is 26.1. The first-order chi connectivity index (χ1) is 33.8. The molecule has 0 radical (unpaired) electrons. The molecule has 0 amide bonds. The third-order valence-corrected chi connectivity index (χ3v) is 16.3. The second-order valence-corrected chi connectivity index (χ2v) is 24.4. The van der Waals surface area contributed by atoms with Crippen LogP contribution in [-0.2, 0) is 16.2 Å². The van der Waals surface area contributed by atoms with Crippen molar-refractivity contribution in [3.63, 3.8) is 0 Å². The lowest BCUT2D eigenvalue weighted by atomic mass is 9.36. The number of benzene rings is 8. The molecule has 0 saturated heterocycles. The van der Waals surface area contributed by atoms with Crippen molar-refractivity contribution < 1.29 is 4.42 Å². The molecule has 8 aromatic carbocycles. The summed E-state index contributed by atoms with van der Waals surface area (Å²) in [6, 6.07) is 59.9. The number of hydrogen-bond acceptors (Lipinski definition) is 5. The summed E-state index contributed by atoms with van der Waals surface area (Å²) in [5.41, 5.74) is 22.2. The van der Waals surface area contributed by atoms with E-state index in [-0.39, 0.29) is 23.0 Å². The molecule has 0 fully saturated rings. The quantitative estimate of drug-likeness (QED) is 0.160. The van der Waals surface area contributed by atoms with Crippen LogP contribution in [0.4, 0.5) is 51.2 Å². The predicted octanol–water partition coefficient (Wildman–Crippen LogP) is 17.2. The van der Waals surface area contributed by atoms with Gasteiger partial charge in [-0.3, -0.25) is 0 Å². The number of thiophene rings is 1. The Balaban J connectivity index is 1.25. The van der Waals surface area contributed by atoms with Crippen LogP contribution in [0.1, 0.15) is 95.7 Å². The molecule has 2 aromatic heterocycles. The van der Waals surface area contributed by atoms with Gasteiger partial charge in [-0.2, -0.15) is 0 Å². The van der Waals surface area contributed by atoms with Gasteiger partial charge in [-0.15, -0.1) is 11.3 Å². The molecule has 0 bridgehead atoms. The summed E-state index contributed by atoms with van der Waals surface area (Å²) in [5.74, 6) is 0.